The maximum Gasteiger partial charge on any atom is -0.00460 e. The Morgan fingerprint density at radius 3 is 2.36 bits per heavy atom. The van der Waals surface area contributed by atoms with Crippen LogP contribution in [-0.2, 0) is 0 Å². The molecule has 3 fully saturated rings. The van der Waals surface area contributed by atoms with Gasteiger partial charge in [0, 0.05) is 0 Å². The molecule has 0 amide bonds. The van der Waals surface area contributed by atoms with Gasteiger partial charge >= 0.3 is 0 Å². The van der Waals surface area contributed by atoms with E-state index in [0.29, 0.717) is 0 Å². The maximum atomic E-state index is 5.86. The lowest BCUT2D eigenvalue weighted by molar-refractivity contribution is 0.166. The first-order valence-corrected chi connectivity index (χ1v) is 6.25. The van der Waals surface area contributed by atoms with E-state index in [0.717, 1.165) is 48.6 Å². The topological polar surface area (TPSA) is 52.0 Å². The Balaban J connectivity index is 1.80. The third-order valence-electron chi connectivity index (χ3n) is 5.40. The third kappa shape index (κ3) is 1.04. The normalized spacial score (nSPS) is 55.3. The SMILES string of the molecule is NC[C@@H]1C[C@H]2C[C@@H]1[C@@H]1CC[C@@H](CN)[C@H]21. The van der Waals surface area contributed by atoms with Gasteiger partial charge in [0.1, 0.15) is 0 Å². The predicted molar refractivity (Wildman–Crippen MR) is 57.5 cm³/mol. The van der Waals surface area contributed by atoms with Gasteiger partial charge in [0.2, 0.25) is 0 Å². The molecule has 3 aliphatic carbocycles. The molecule has 2 bridgehead atoms. The second-order valence-electron chi connectivity index (χ2n) is 5.71. The predicted octanol–water partition coefficient (Wildman–Crippen LogP) is 1.20. The van der Waals surface area contributed by atoms with E-state index in [9.17, 15) is 0 Å². The fraction of sp³-hybridized carbons (Fsp3) is 1.00. The van der Waals surface area contributed by atoms with E-state index >= 15 is 0 Å². The zero-order valence-electron chi connectivity index (χ0n) is 8.86. The fourth-order valence-corrected chi connectivity index (χ4v) is 4.96. The van der Waals surface area contributed by atoms with Crippen LogP contribution in [-0.4, -0.2) is 13.1 Å². The molecule has 0 saturated heterocycles. The fourth-order valence-electron chi connectivity index (χ4n) is 4.96. The Labute approximate surface area is 86.4 Å². The first-order valence-electron chi connectivity index (χ1n) is 6.25. The van der Waals surface area contributed by atoms with Gasteiger partial charge in [0.25, 0.3) is 0 Å². The van der Waals surface area contributed by atoms with Gasteiger partial charge < -0.3 is 11.5 Å². The minimum absolute atomic E-state index is 0.855. The van der Waals surface area contributed by atoms with Gasteiger partial charge in [-0.15, -0.1) is 0 Å². The average Bonchev–Trinajstić information content (AvgIpc) is 2.87. The zero-order chi connectivity index (χ0) is 9.71. The zero-order valence-corrected chi connectivity index (χ0v) is 8.86. The minimum atomic E-state index is 0.855. The maximum absolute atomic E-state index is 5.86. The summed E-state index contributed by atoms with van der Waals surface area (Å²) in [6, 6.07) is 0. The summed E-state index contributed by atoms with van der Waals surface area (Å²) in [5.41, 5.74) is 11.7. The summed E-state index contributed by atoms with van der Waals surface area (Å²) in [4.78, 5) is 0. The van der Waals surface area contributed by atoms with Gasteiger partial charge in [-0.1, -0.05) is 0 Å². The second kappa shape index (κ2) is 3.21. The molecule has 0 heterocycles. The van der Waals surface area contributed by atoms with E-state index in [1.54, 1.807) is 0 Å². The summed E-state index contributed by atoms with van der Waals surface area (Å²) in [6.45, 7) is 1.86. The van der Waals surface area contributed by atoms with Crippen molar-refractivity contribution in [2.45, 2.75) is 25.7 Å². The van der Waals surface area contributed by atoms with Crippen LogP contribution in [0.2, 0.25) is 0 Å². The molecule has 2 heteroatoms. The minimum Gasteiger partial charge on any atom is -0.330 e. The second-order valence-corrected chi connectivity index (χ2v) is 5.71. The van der Waals surface area contributed by atoms with Crippen LogP contribution in [0.25, 0.3) is 0 Å². The van der Waals surface area contributed by atoms with Gasteiger partial charge in [-0.05, 0) is 74.3 Å². The van der Waals surface area contributed by atoms with Crippen molar-refractivity contribution < 1.29 is 0 Å². The molecule has 0 aromatic carbocycles. The van der Waals surface area contributed by atoms with E-state index < -0.39 is 0 Å². The highest BCUT2D eigenvalue weighted by Gasteiger charge is 2.56. The van der Waals surface area contributed by atoms with E-state index in [1.807, 2.05) is 0 Å². The Morgan fingerprint density at radius 1 is 0.857 bits per heavy atom. The third-order valence-corrected chi connectivity index (χ3v) is 5.40. The highest BCUT2D eigenvalue weighted by atomic mass is 14.7. The van der Waals surface area contributed by atoms with Crippen LogP contribution in [0.15, 0.2) is 0 Å². The lowest BCUT2D eigenvalue weighted by Crippen LogP contribution is -2.32. The molecule has 80 valence electrons. The van der Waals surface area contributed by atoms with Crippen LogP contribution in [0.1, 0.15) is 25.7 Å². The summed E-state index contributed by atoms with van der Waals surface area (Å²) < 4.78 is 0. The highest BCUT2D eigenvalue weighted by Crippen LogP contribution is 2.62. The van der Waals surface area contributed by atoms with E-state index in [4.69, 9.17) is 11.5 Å². The molecule has 3 saturated carbocycles. The summed E-state index contributed by atoms with van der Waals surface area (Å²) in [7, 11) is 0. The Bertz CT molecular complexity index is 226. The summed E-state index contributed by atoms with van der Waals surface area (Å²) in [5, 5.41) is 0. The van der Waals surface area contributed by atoms with Crippen molar-refractivity contribution in [2.24, 2.45) is 47.0 Å². The monoisotopic (exact) mass is 194 g/mol. The van der Waals surface area contributed by atoms with Crippen LogP contribution < -0.4 is 11.5 Å². The van der Waals surface area contributed by atoms with Crippen molar-refractivity contribution in [3.05, 3.63) is 0 Å². The van der Waals surface area contributed by atoms with Crippen molar-refractivity contribution in [1.29, 1.82) is 0 Å². The van der Waals surface area contributed by atoms with Crippen molar-refractivity contribution in [2.75, 3.05) is 13.1 Å². The van der Waals surface area contributed by atoms with Crippen LogP contribution in [0.5, 0.6) is 0 Å². The molecule has 14 heavy (non-hydrogen) atoms. The van der Waals surface area contributed by atoms with Gasteiger partial charge in [0.05, 0.1) is 0 Å². The molecule has 3 aliphatic rings. The summed E-state index contributed by atoms with van der Waals surface area (Å²) in [5.74, 6) is 5.69. The van der Waals surface area contributed by atoms with Crippen molar-refractivity contribution in [3.8, 4) is 0 Å². The van der Waals surface area contributed by atoms with Gasteiger partial charge in [-0.2, -0.15) is 0 Å². The molecule has 0 radical (unpaired) electrons. The van der Waals surface area contributed by atoms with E-state index in [-0.39, 0.29) is 0 Å². The number of hydrogen-bond donors (Lipinski definition) is 2. The van der Waals surface area contributed by atoms with Gasteiger partial charge in [-0.3, -0.25) is 0 Å². The highest BCUT2D eigenvalue weighted by molar-refractivity contribution is 5.05. The Kier molecular flexibility index (Phi) is 2.10. The first-order chi connectivity index (χ1) is 6.85. The molecule has 0 aromatic rings. The molecule has 2 nitrogen and oxygen atoms in total. The smallest absolute Gasteiger partial charge is 0.00460 e. The van der Waals surface area contributed by atoms with Crippen LogP contribution in [0.3, 0.4) is 0 Å². The van der Waals surface area contributed by atoms with Crippen molar-refractivity contribution in [1.82, 2.24) is 0 Å². The van der Waals surface area contributed by atoms with Crippen LogP contribution in [0.4, 0.5) is 0 Å². The van der Waals surface area contributed by atoms with Crippen LogP contribution >= 0.6 is 0 Å². The van der Waals surface area contributed by atoms with Gasteiger partial charge in [0.15, 0.2) is 0 Å². The standard InChI is InChI=1S/C12H22N2/c13-5-7-1-2-10-11-4-8(12(7)10)3-9(11)6-14/h7-12H,1-6,13-14H2/t7-,8-,9-,10-,11-,12+/m0/s1. The molecule has 4 N–H and O–H groups in total. The average molecular weight is 194 g/mol. The lowest BCUT2D eigenvalue weighted by atomic mass is 9.73. The number of hydrogen-bond acceptors (Lipinski definition) is 2. The van der Waals surface area contributed by atoms with Gasteiger partial charge in [-0.25, -0.2) is 0 Å². The molecule has 0 aromatic heterocycles. The van der Waals surface area contributed by atoms with Crippen molar-refractivity contribution >= 4 is 0 Å². The number of nitrogens with two attached hydrogens (primary N) is 2. The Hall–Kier alpha value is -0.0800. The molecule has 0 aliphatic heterocycles. The molecule has 0 unspecified atom stereocenters. The first kappa shape index (κ1) is 9.17. The number of fused-ring (bicyclic) bond motifs is 5. The molecular formula is C12H22N2. The molecule has 3 rings (SSSR count). The molecule has 6 atom stereocenters. The summed E-state index contributed by atoms with van der Waals surface area (Å²) in [6.07, 6.45) is 5.74. The van der Waals surface area contributed by atoms with E-state index in [1.165, 1.54) is 25.7 Å². The lowest BCUT2D eigenvalue weighted by Gasteiger charge is -2.33. The largest absolute Gasteiger partial charge is 0.330 e. The van der Waals surface area contributed by atoms with Crippen molar-refractivity contribution in [3.63, 3.8) is 0 Å². The quantitative estimate of drug-likeness (QED) is 0.694. The summed E-state index contributed by atoms with van der Waals surface area (Å²) >= 11 is 0. The molecular weight excluding hydrogens is 172 g/mol. The van der Waals surface area contributed by atoms with Crippen LogP contribution in [0, 0.1) is 35.5 Å². The Morgan fingerprint density at radius 2 is 1.64 bits per heavy atom. The molecule has 0 spiro atoms. The number of rotatable bonds is 2. The van der Waals surface area contributed by atoms with E-state index in [2.05, 4.69) is 0 Å².